The molecule has 1 aromatic carbocycles. The molecule has 1 unspecified atom stereocenters. The molecule has 0 aromatic heterocycles. The van der Waals surface area contributed by atoms with Crippen LogP contribution in [0.2, 0.25) is 0 Å². The molecule has 2 amide bonds. The minimum Gasteiger partial charge on any atom is -0.497 e. The zero-order valence-corrected chi connectivity index (χ0v) is 12.1. The molecule has 0 bridgehead atoms. The van der Waals surface area contributed by atoms with Crippen molar-refractivity contribution in [2.45, 2.75) is 19.4 Å². The summed E-state index contributed by atoms with van der Waals surface area (Å²) in [7, 11) is 3.22. The second-order valence-electron chi connectivity index (χ2n) is 5.01. The molecule has 5 heteroatoms. The lowest BCUT2D eigenvalue weighted by Gasteiger charge is -2.25. The fraction of sp³-hybridized carbons (Fsp3) is 0.467. The van der Waals surface area contributed by atoms with Gasteiger partial charge in [0, 0.05) is 20.0 Å². The summed E-state index contributed by atoms with van der Waals surface area (Å²) in [5.74, 6) is 0.509. The maximum atomic E-state index is 12.1. The maximum absolute atomic E-state index is 12.1. The highest BCUT2D eigenvalue weighted by molar-refractivity contribution is 5.89. The van der Waals surface area contributed by atoms with Crippen molar-refractivity contribution in [3.8, 4) is 5.75 Å². The highest BCUT2D eigenvalue weighted by Gasteiger charge is 2.36. The molecule has 108 valence electrons. The molecule has 1 aliphatic rings. The molecule has 1 aromatic rings. The number of nitrogens with zero attached hydrogens (tertiary/aromatic N) is 1. The molecule has 0 radical (unpaired) electrons. The zero-order valence-electron chi connectivity index (χ0n) is 12.1. The summed E-state index contributed by atoms with van der Waals surface area (Å²) >= 11 is 0. The van der Waals surface area contributed by atoms with Crippen molar-refractivity contribution in [3.63, 3.8) is 0 Å². The van der Waals surface area contributed by atoms with E-state index in [1.807, 2.05) is 31.2 Å². The van der Waals surface area contributed by atoms with Crippen LogP contribution in [0.15, 0.2) is 24.3 Å². The number of rotatable bonds is 4. The van der Waals surface area contributed by atoms with Crippen LogP contribution in [0, 0.1) is 5.92 Å². The van der Waals surface area contributed by atoms with Crippen molar-refractivity contribution in [1.82, 2.24) is 10.2 Å². The number of carbonyl (C=O) groups is 2. The molecule has 1 N–H and O–H groups in total. The van der Waals surface area contributed by atoms with E-state index in [1.54, 1.807) is 19.1 Å². The minimum absolute atomic E-state index is 0.0296. The first-order valence-corrected chi connectivity index (χ1v) is 6.71. The van der Waals surface area contributed by atoms with Crippen LogP contribution in [0.25, 0.3) is 0 Å². The first kappa shape index (κ1) is 14.4. The lowest BCUT2D eigenvalue weighted by Crippen LogP contribution is -2.32. The Bertz CT molecular complexity index is 498. The van der Waals surface area contributed by atoms with E-state index in [9.17, 15) is 9.59 Å². The lowest BCUT2D eigenvalue weighted by atomic mass is 10.1. The molecule has 2 rings (SSSR count). The van der Waals surface area contributed by atoms with Gasteiger partial charge in [0.05, 0.1) is 19.1 Å². The Morgan fingerprint density at radius 1 is 1.40 bits per heavy atom. The Labute approximate surface area is 118 Å². The summed E-state index contributed by atoms with van der Waals surface area (Å²) in [6.45, 7) is 2.46. The Hall–Kier alpha value is -2.04. The fourth-order valence-corrected chi connectivity index (χ4v) is 2.55. The number of ether oxygens (including phenoxy) is 1. The van der Waals surface area contributed by atoms with Crippen molar-refractivity contribution in [2.24, 2.45) is 5.92 Å². The van der Waals surface area contributed by atoms with Crippen LogP contribution >= 0.6 is 0 Å². The Morgan fingerprint density at radius 3 is 2.60 bits per heavy atom. The number of methoxy groups -OCH3 is 1. The Balaban J connectivity index is 2.10. The smallest absolute Gasteiger partial charge is 0.225 e. The number of amides is 2. The molecule has 2 atom stereocenters. The van der Waals surface area contributed by atoms with Gasteiger partial charge in [-0.25, -0.2) is 0 Å². The molecule has 20 heavy (non-hydrogen) atoms. The number of nitrogens with one attached hydrogen (secondary N) is 1. The van der Waals surface area contributed by atoms with Crippen molar-refractivity contribution >= 4 is 11.8 Å². The van der Waals surface area contributed by atoms with Crippen molar-refractivity contribution in [3.05, 3.63) is 29.8 Å². The highest BCUT2D eigenvalue weighted by Crippen LogP contribution is 2.29. The molecule has 1 heterocycles. The third kappa shape index (κ3) is 2.76. The van der Waals surface area contributed by atoms with Gasteiger partial charge in [0.15, 0.2) is 0 Å². The molecule has 1 saturated heterocycles. The van der Waals surface area contributed by atoms with Crippen molar-refractivity contribution in [2.75, 3.05) is 20.7 Å². The van der Waals surface area contributed by atoms with Gasteiger partial charge in [-0.1, -0.05) is 12.1 Å². The minimum atomic E-state index is -0.242. The molecule has 0 aliphatic carbocycles. The predicted octanol–water partition coefficient (Wildman–Crippen LogP) is 1.35. The van der Waals surface area contributed by atoms with E-state index in [0.717, 1.165) is 11.3 Å². The van der Waals surface area contributed by atoms with Crippen LogP contribution in [0.4, 0.5) is 0 Å². The molecule has 1 fully saturated rings. The Kier molecular flexibility index (Phi) is 4.27. The molecule has 1 aliphatic heterocycles. The van der Waals surface area contributed by atoms with Crippen LogP contribution in [0.3, 0.4) is 0 Å². The van der Waals surface area contributed by atoms with Crippen LogP contribution in [0.1, 0.15) is 24.9 Å². The summed E-state index contributed by atoms with van der Waals surface area (Å²) in [6, 6.07) is 7.61. The van der Waals surface area contributed by atoms with Crippen LogP contribution in [-0.2, 0) is 9.59 Å². The van der Waals surface area contributed by atoms with Crippen LogP contribution in [0.5, 0.6) is 5.75 Å². The van der Waals surface area contributed by atoms with Gasteiger partial charge in [-0.15, -0.1) is 0 Å². The fourth-order valence-electron chi connectivity index (χ4n) is 2.55. The number of likely N-dealkylation sites (tertiary alicyclic amines) is 1. The zero-order chi connectivity index (χ0) is 14.7. The molecular weight excluding hydrogens is 256 g/mol. The van der Waals surface area contributed by atoms with E-state index in [1.165, 1.54) is 0 Å². The number of carbonyl (C=O) groups excluding carboxylic acids is 2. The summed E-state index contributed by atoms with van der Waals surface area (Å²) in [4.78, 5) is 25.5. The second kappa shape index (κ2) is 5.94. The average Bonchev–Trinajstić information content (AvgIpc) is 2.87. The number of benzene rings is 1. The topological polar surface area (TPSA) is 58.6 Å². The maximum Gasteiger partial charge on any atom is 0.225 e. The first-order chi connectivity index (χ1) is 9.56. The largest absolute Gasteiger partial charge is 0.497 e. The summed E-state index contributed by atoms with van der Waals surface area (Å²) in [5.41, 5.74) is 1.04. The number of hydrogen-bond acceptors (Lipinski definition) is 3. The first-order valence-electron chi connectivity index (χ1n) is 6.71. The van der Waals surface area contributed by atoms with Gasteiger partial charge < -0.3 is 15.0 Å². The normalized spacial score (nSPS) is 19.9. The van der Waals surface area contributed by atoms with E-state index in [4.69, 9.17) is 4.74 Å². The standard InChI is InChI=1S/C15H20N2O3/c1-10(11-4-6-13(20-3)7-5-11)17-9-12(8-14(17)18)15(19)16-2/h4-7,10,12H,8-9H2,1-3H3,(H,16,19)/t10-,12?/m1/s1. The van der Waals surface area contributed by atoms with Gasteiger partial charge in [0.1, 0.15) is 5.75 Å². The highest BCUT2D eigenvalue weighted by atomic mass is 16.5. The Morgan fingerprint density at radius 2 is 2.05 bits per heavy atom. The molecular formula is C15H20N2O3. The monoisotopic (exact) mass is 276 g/mol. The van der Waals surface area contributed by atoms with Crippen molar-refractivity contribution in [1.29, 1.82) is 0 Å². The third-order valence-corrected chi connectivity index (χ3v) is 3.84. The van der Waals surface area contributed by atoms with Crippen LogP contribution < -0.4 is 10.1 Å². The third-order valence-electron chi connectivity index (χ3n) is 3.84. The molecule has 5 nitrogen and oxygen atoms in total. The van der Waals surface area contributed by atoms with E-state index >= 15 is 0 Å². The van der Waals surface area contributed by atoms with Gasteiger partial charge in [0.2, 0.25) is 11.8 Å². The van der Waals surface area contributed by atoms with Gasteiger partial charge in [-0.3, -0.25) is 9.59 Å². The molecule has 0 spiro atoms. The van der Waals surface area contributed by atoms with Gasteiger partial charge in [-0.05, 0) is 24.6 Å². The summed E-state index contributed by atoms with van der Waals surface area (Å²) < 4.78 is 5.13. The van der Waals surface area contributed by atoms with Gasteiger partial charge in [-0.2, -0.15) is 0 Å². The second-order valence-corrected chi connectivity index (χ2v) is 5.01. The van der Waals surface area contributed by atoms with Gasteiger partial charge in [0.25, 0.3) is 0 Å². The molecule has 0 saturated carbocycles. The van der Waals surface area contributed by atoms with E-state index < -0.39 is 0 Å². The quantitative estimate of drug-likeness (QED) is 0.903. The van der Waals surface area contributed by atoms with E-state index in [-0.39, 0.29) is 23.8 Å². The SMILES string of the molecule is CNC(=O)C1CC(=O)N([C@H](C)c2ccc(OC)cc2)C1. The van der Waals surface area contributed by atoms with E-state index in [0.29, 0.717) is 13.0 Å². The average molecular weight is 276 g/mol. The van der Waals surface area contributed by atoms with E-state index in [2.05, 4.69) is 5.32 Å². The lowest BCUT2D eigenvalue weighted by molar-refractivity contribution is -0.130. The van der Waals surface area contributed by atoms with Gasteiger partial charge >= 0.3 is 0 Å². The predicted molar refractivity (Wildman–Crippen MR) is 75.3 cm³/mol. The van der Waals surface area contributed by atoms with Crippen LogP contribution in [-0.4, -0.2) is 37.4 Å². The summed E-state index contributed by atoms with van der Waals surface area (Å²) in [5, 5.41) is 2.61. The number of hydrogen-bond donors (Lipinski definition) is 1. The summed E-state index contributed by atoms with van der Waals surface area (Å²) in [6.07, 6.45) is 0.292. The van der Waals surface area contributed by atoms with Crippen molar-refractivity contribution < 1.29 is 14.3 Å².